The van der Waals surface area contributed by atoms with E-state index in [0.717, 1.165) is 61.5 Å². The molecule has 0 saturated carbocycles. The van der Waals surface area contributed by atoms with Crippen LogP contribution in [0.2, 0.25) is 0 Å². The third-order valence-corrected chi connectivity index (χ3v) is 6.22. The molecule has 0 radical (unpaired) electrons. The SMILES string of the molecule is Cc1cn2nc([C@@H]3CCCCN3C(=O)C(N)CC(C)N)cc2nc1N1CC[C@H](N)C1. The number of aryl methyl sites for hydroxylation is 1. The lowest BCUT2D eigenvalue weighted by atomic mass is 9.97. The minimum atomic E-state index is -0.575. The highest BCUT2D eigenvalue weighted by molar-refractivity contribution is 5.82. The first-order chi connectivity index (χ1) is 14.3. The molecule has 4 atom stereocenters. The van der Waals surface area contributed by atoms with Crippen molar-refractivity contribution in [1.82, 2.24) is 19.5 Å². The van der Waals surface area contributed by atoms with Crippen molar-refractivity contribution >= 4 is 17.4 Å². The molecule has 4 heterocycles. The summed E-state index contributed by atoms with van der Waals surface area (Å²) in [4.78, 5) is 22.0. The Morgan fingerprint density at radius 3 is 2.77 bits per heavy atom. The van der Waals surface area contributed by atoms with Gasteiger partial charge in [0.1, 0.15) is 5.82 Å². The van der Waals surface area contributed by atoms with E-state index in [9.17, 15) is 4.79 Å². The van der Waals surface area contributed by atoms with E-state index in [0.29, 0.717) is 13.0 Å². The van der Waals surface area contributed by atoms with Gasteiger partial charge in [-0.15, -0.1) is 0 Å². The monoisotopic (exact) mass is 414 g/mol. The highest BCUT2D eigenvalue weighted by Crippen LogP contribution is 2.32. The lowest BCUT2D eigenvalue weighted by Crippen LogP contribution is -2.49. The summed E-state index contributed by atoms with van der Waals surface area (Å²) in [6.07, 6.45) is 6.41. The summed E-state index contributed by atoms with van der Waals surface area (Å²) < 4.78 is 1.82. The van der Waals surface area contributed by atoms with Crippen LogP contribution in [0, 0.1) is 6.92 Å². The van der Waals surface area contributed by atoms with E-state index in [1.54, 1.807) is 0 Å². The summed E-state index contributed by atoms with van der Waals surface area (Å²) >= 11 is 0. The fourth-order valence-electron chi connectivity index (χ4n) is 4.70. The molecule has 0 aromatic carbocycles. The number of carbonyl (C=O) groups is 1. The van der Waals surface area contributed by atoms with E-state index < -0.39 is 6.04 Å². The number of carbonyl (C=O) groups excluding carboxylic acids is 1. The van der Waals surface area contributed by atoms with E-state index >= 15 is 0 Å². The van der Waals surface area contributed by atoms with Gasteiger partial charge >= 0.3 is 0 Å². The largest absolute Gasteiger partial charge is 0.355 e. The van der Waals surface area contributed by atoms with Crippen molar-refractivity contribution in [3.8, 4) is 0 Å². The fourth-order valence-corrected chi connectivity index (χ4v) is 4.70. The molecule has 0 spiro atoms. The molecule has 2 fully saturated rings. The Bertz CT molecular complexity index is 910. The van der Waals surface area contributed by atoms with Crippen LogP contribution in [-0.2, 0) is 4.79 Å². The minimum absolute atomic E-state index is 0.0371. The zero-order chi connectivity index (χ0) is 21.4. The van der Waals surface area contributed by atoms with Crippen LogP contribution < -0.4 is 22.1 Å². The molecule has 30 heavy (non-hydrogen) atoms. The third kappa shape index (κ3) is 4.14. The first-order valence-electron chi connectivity index (χ1n) is 11.0. The van der Waals surface area contributed by atoms with E-state index in [2.05, 4.69) is 11.8 Å². The Morgan fingerprint density at radius 2 is 2.07 bits per heavy atom. The van der Waals surface area contributed by atoms with E-state index in [-0.39, 0.29) is 24.0 Å². The van der Waals surface area contributed by atoms with Crippen LogP contribution in [0.25, 0.3) is 5.65 Å². The second-order valence-corrected chi connectivity index (χ2v) is 8.98. The van der Waals surface area contributed by atoms with Crippen LogP contribution in [0.15, 0.2) is 12.3 Å². The smallest absolute Gasteiger partial charge is 0.240 e. The van der Waals surface area contributed by atoms with Crippen molar-refractivity contribution in [2.45, 2.75) is 70.1 Å². The molecule has 6 N–H and O–H groups in total. The van der Waals surface area contributed by atoms with Crippen LogP contribution in [-0.4, -0.2) is 63.2 Å². The number of rotatable bonds is 5. The molecular weight excluding hydrogens is 380 g/mol. The van der Waals surface area contributed by atoms with Crippen molar-refractivity contribution in [3.05, 3.63) is 23.5 Å². The molecule has 0 bridgehead atoms. The van der Waals surface area contributed by atoms with Gasteiger partial charge in [-0.05, 0) is 46.0 Å². The Balaban J connectivity index is 1.61. The lowest BCUT2D eigenvalue weighted by Gasteiger charge is -2.36. The summed E-state index contributed by atoms with van der Waals surface area (Å²) in [5.74, 6) is 0.933. The molecule has 4 rings (SSSR count). The summed E-state index contributed by atoms with van der Waals surface area (Å²) in [5, 5.41) is 4.78. The van der Waals surface area contributed by atoms with Crippen molar-refractivity contribution in [2.75, 3.05) is 24.5 Å². The number of hydrogen-bond donors (Lipinski definition) is 3. The number of likely N-dealkylation sites (tertiary alicyclic amines) is 1. The number of anilines is 1. The van der Waals surface area contributed by atoms with Crippen LogP contribution in [0.1, 0.15) is 56.3 Å². The second kappa shape index (κ2) is 8.49. The molecular formula is C21H34N8O. The first kappa shape index (κ1) is 21.0. The molecule has 164 valence electrons. The van der Waals surface area contributed by atoms with Crippen LogP contribution in [0.5, 0.6) is 0 Å². The van der Waals surface area contributed by atoms with Gasteiger partial charge in [-0.1, -0.05) is 0 Å². The number of hydrogen-bond acceptors (Lipinski definition) is 7. The molecule has 2 aliphatic rings. The summed E-state index contributed by atoms with van der Waals surface area (Å²) in [7, 11) is 0. The van der Waals surface area contributed by atoms with Gasteiger partial charge in [0.15, 0.2) is 5.65 Å². The highest BCUT2D eigenvalue weighted by atomic mass is 16.2. The fraction of sp³-hybridized carbons (Fsp3) is 0.667. The Labute approximate surface area is 177 Å². The number of nitrogens with two attached hydrogens (primary N) is 3. The molecule has 2 aromatic heterocycles. The second-order valence-electron chi connectivity index (χ2n) is 8.98. The maximum absolute atomic E-state index is 13.0. The molecule has 9 heteroatoms. The topological polar surface area (TPSA) is 132 Å². The van der Waals surface area contributed by atoms with Gasteiger partial charge in [-0.2, -0.15) is 5.10 Å². The van der Waals surface area contributed by atoms with Gasteiger partial charge in [0.25, 0.3) is 0 Å². The summed E-state index contributed by atoms with van der Waals surface area (Å²) in [6.45, 7) is 6.38. The number of piperidine rings is 1. The van der Waals surface area contributed by atoms with Gasteiger partial charge in [-0.3, -0.25) is 4.79 Å². The molecule has 1 amide bonds. The van der Waals surface area contributed by atoms with Crippen molar-refractivity contribution < 1.29 is 4.79 Å². The first-order valence-corrected chi connectivity index (χ1v) is 11.0. The standard InChI is InChI=1S/C21H34N8O/c1-13-11-29-19(25-20(13)27-8-6-15(23)12-27)10-17(26-29)18-5-3-4-7-28(18)21(30)16(24)9-14(2)22/h10-11,14-16,18H,3-9,12,22-24H2,1-2H3/t14?,15-,16?,18-/m0/s1. The van der Waals surface area contributed by atoms with Gasteiger partial charge in [0.2, 0.25) is 5.91 Å². The molecule has 9 nitrogen and oxygen atoms in total. The maximum Gasteiger partial charge on any atom is 0.240 e. The predicted octanol–water partition coefficient (Wildman–Crippen LogP) is 0.693. The van der Waals surface area contributed by atoms with Gasteiger partial charge < -0.3 is 27.0 Å². The number of aromatic nitrogens is 3. The predicted molar refractivity (Wildman–Crippen MR) is 117 cm³/mol. The van der Waals surface area contributed by atoms with Crippen molar-refractivity contribution in [3.63, 3.8) is 0 Å². The lowest BCUT2D eigenvalue weighted by molar-refractivity contribution is -0.136. The van der Waals surface area contributed by atoms with Gasteiger partial charge in [-0.25, -0.2) is 9.50 Å². The summed E-state index contributed by atoms with van der Waals surface area (Å²) in [5.41, 5.74) is 20.8. The Hall–Kier alpha value is -2.23. The number of fused-ring (bicyclic) bond motifs is 1. The zero-order valence-electron chi connectivity index (χ0n) is 18.0. The molecule has 0 aliphatic carbocycles. The summed E-state index contributed by atoms with van der Waals surface area (Å²) in [6, 6.07) is 1.45. The van der Waals surface area contributed by atoms with Crippen molar-refractivity contribution in [1.29, 1.82) is 0 Å². The van der Waals surface area contributed by atoms with Crippen LogP contribution in [0.3, 0.4) is 0 Å². The van der Waals surface area contributed by atoms with E-state index in [4.69, 9.17) is 27.3 Å². The molecule has 2 unspecified atom stereocenters. The number of amides is 1. The van der Waals surface area contributed by atoms with E-state index in [1.807, 2.05) is 28.6 Å². The average Bonchev–Trinajstić information content (AvgIpc) is 3.31. The molecule has 2 saturated heterocycles. The van der Waals surface area contributed by atoms with Crippen LogP contribution in [0.4, 0.5) is 5.82 Å². The normalized spacial score (nSPS) is 24.4. The number of nitrogens with zero attached hydrogens (tertiary/aromatic N) is 5. The highest BCUT2D eigenvalue weighted by Gasteiger charge is 2.33. The average molecular weight is 415 g/mol. The van der Waals surface area contributed by atoms with Gasteiger partial charge in [0, 0.05) is 49.5 Å². The Kier molecular flexibility index (Phi) is 5.95. The quantitative estimate of drug-likeness (QED) is 0.656. The van der Waals surface area contributed by atoms with Gasteiger partial charge in [0.05, 0.1) is 17.8 Å². The minimum Gasteiger partial charge on any atom is -0.355 e. The zero-order valence-corrected chi connectivity index (χ0v) is 18.0. The van der Waals surface area contributed by atoms with E-state index in [1.165, 1.54) is 0 Å². The van der Waals surface area contributed by atoms with Crippen molar-refractivity contribution in [2.24, 2.45) is 17.2 Å². The van der Waals surface area contributed by atoms with Crippen LogP contribution >= 0.6 is 0 Å². The molecule has 2 aliphatic heterocycles. The Morgan fingerprint density at radius 1 is 1.27 bits per heavy atom. The molecule has 2 aromatic rings. The maximum atomic E-state index is 13.0. The third-order valence-electron chi connectivity index (χ3n) is 6.22.